The van der Waals surface area contributed by atoms with Gasteiger partial charge in [-0.3, -0.25) is 4.98 Å². The summed E-state index contributed by atoms with van der Waals surface area (Å²) in [7, 11) is 0. The molecule has 0 saturated heterocycles. The molecule has 2 nitrogen and oxygen atoms in total. The van der Waals surface area contributed by atoms with Crippen LogP contribution in [0.15, 0.2) is 73.1 Å². The van der Waals surface area contributed by atoms with Gasteiger partial charge in [0.15, 0.2) is 0 Å². The molecule has 2 heteroatoms. The van der Waals surface area contributed by atoms with Crippen LogP contribution >= 0.6 is 0 Å². The molecular formula is C17H12NO. The van der Waals surface area contributed by atoms with Gasteiger partial charge in [0.2, 0.25) is 0 Å². The molecule has 0 fully saturated rings. The first kappa shape index (κ1) is 11.5. The molecule has 19 heavy (non-hydrogen) atoms. The van der Waals surface area contributed by atoms with Gasteiger partial charge < -0.3 is 4.74 Å². The Hall–Kier alpha value is -2.61. The van der Waals surface area contributed by atoms with E-state index in [-0.39, 0.29) is 0 Å². The summed E-state index contributed by atoms with van der Waals surface area (Å²) >= 11 is 0. The van der Waals surface area contributed by atoms with Crippen LogP contribution in [0.1, 0.15) is 0 Å². The van der Waals surface area contributed by atoms with Crippen LogP contribution in [0.5, 0.6) is 11.5 Å². The summed E-state index contributed by atoms with van der Waals surface area (Å²) < 4.78 is 5.80. The Kier molecular flexibility index (Phi) is 3.24. The summed E-state index contributed by atoms with van der Waals surface area (Å²) in [6, 6.07) is 22.6. The zero-order valence-electron chi connectivity index (χ0n) is 10.3. The number of hydrogen-bond donors (Lipinski definition) is 0. The predicted molar refractivity (Wildman–Crippen MR) is 75.0 cm³/mol. The molecule has 0 amide bonds. The average Bonchev–Trinajstić information content (AvgIpc) is 2.49. The third-order valence-electron chi connectivity index (χ3n) is 2.74. The molecule has 1 radical (unpaired) electrons. The minimum atomic E-state index is 0.803. The van der Waals surface area contributed by atoms with E-state index in [0.29, 0.717) is 0 Å². The van der Waals surface area contributed by atoms with Crippen molar-refractivity contribution in [3.05, 3.63) is 79.1 Å². The summed E-state index contributed by atoms with van der Waals surface area (Å²) in [5.74, 6) is 1.63. The van der Waals surface area contributed by atoms with Crippen LogP contribution in [0.25, 0.3) is 11.1 Å². The van der Waals surface area contributed by atoms with Gasteiger partial charge in [-0.05, 0) is 53.6 Å². The van der Waals surface area contributed by atoms with Crippen molar-refractivity contribution in [1.82, 2.24) is 4.98 Å². The van der Waals surface area contributed by atoms with Gasteiger partial charge >= 0.3 is 0 Å². The summed E-state index contributed by atoms with van der Waals surface area (Å²) in [6.45, 7) is 0. The van der Waals surface area contributed by atoms with Gasteiger partial charge in [-0.15, -0.1) is 0 Å². The quantitative estimate of drug-likeness (QED) is 0.685. The maximum atomic E-state index is 5.80. The Morgan fingerprint density at radius 2 is 1.63 bits per heavy atom. The van der Waals surface area contributed by atoms with Crippen molar-refractivity contribution in [2.45, 2.75) is 0 Å². The van der Waals surface area contributed by atoms with E-state index < -0.39 is 0 Å². The Morgan fingerprint density at radius 1 is 0.842 bits per heavy atom. The van der Waals surface area contributed by atoms with Crippen molar-refractivity contribution in [2.24, 2.45) is 0 Å². The normalized spacial score (nSPS) is 10.1. The monoisotopic (exact) mass is 246 g/mol. The fourth-order valence-electron chi connectivity index (χ4n) is 1.83. The number of para-hydroxylation sites is 1. The lowest BCUT2D eigenvalue weighted by Gasteiger charge is -2.07. The smallest absolute Gasteiger partial charge is 0.128 e. The Bertz CT molecular complexity index is 650. The largest absolute Gasteiger partial charge is 0.457 e. The maximum absolute atomic E-state index is 5.80. The van der Waals surface area contributed by atoms with Crippen LogP contribution in [0.2, 0.25) is 0 Å². The van der Waals surface area contributed by atoms with Crippen molar-refractivity contribution in [1.29, 1.82) is 0 Å². The van der Waals surface area contributed by atoms with E-state index in [1.165, 1.54) is 0 Å². The number of pyridine rings is 1. The Balaban J connectivity index is 1.89. The van der Waals surface area contributed by atoms with Gasteiger partial charge in [-0.2, -0.15) is 0 Å². The molecule has 3 aromatic rings. The standard InChI is InChI=1S/C17H12NO/c1-2-6-16(7-3-1)19-17-8-4-5-15(13-17)14-9-11-18-12-10-14/h1-4,6-13H. The zero-order chi connectivity index (χ0) is 12.9. The van der Waals surface area contributed by atoms with Crippen molar-refractivity contribution in [3.8, 4) is 22.6 Å². The van der Waals surface area contributed by atoms with Gasteiger partial charge in [0.1, 0.15) is 11.5 Å². The SMILES string of the molecule is [c]1ccc(Oc2ccccc2)cc1-c1ccncc1. The van der Waals surface area contributed by atoms with Gasteiger partial charge in [0, 0.05) is 12.4 Å². The van der Waals surface area contributed by atoms with Crippen molar-refractivity contribution >= 4 is 0 Å². The second-order valence-electron chi connectivity index (χ2n) is 4.09. The van der Waals surface area contributed by atoms with Crippen LogP contribution in [-0.2, 0) is 0 Å². The molecular weight excluding hydrogens is 234 g/mol. The van der Waals surface area contributed by atoms with Gasteiger partial charge in [0.25, 0.3) is 0 Å². The van der Waals surface area contributed by atoms with Crippen LogP contribution in [-0.4, -0.2) is 4.98 Å². The third kappa shape index (κ3) is 2.80. The third-order valence-corrected chi connectivity index (χ3v) is 2.74. The fourth-order valence-corrected chi connectivity index (χ4v) is 1.83. The molecule has 91 valence electrons. The topological polar surface area (TPSA) is 22.1 Å². The minimum absolute atomic E-state index is 0.803. The van der Waals surface area contributed by atoms with Crippen LogP contribution in [0, 0.1) is 6.07 Å². The number of nitrogens with zero attached hydrogens (tertiary/aromatic N) is 1. The highest BCUT2D eigenvalue weighted by molar-refractivity contribution is 5.63. The zero-order valence-corrected chi connectivity index (χ0v) is 10.3. The molecule has 0 aliphatic carbocycles. The van der Waals surface area contributed by atoms with E-state index in [1.807, 2.05) is 60.7 Å². The highest BCUT2D eigenvalue weighted by atomic mass is 16.5. The Labute approximate surface area is 112 Å². The number of hydrogen-bond acceptors (Lipinski definition) is 2. The average molecular weight is 246 g/mol. The van der Waals surface area contributed by atoms with Crippen molar-refractivity contribution in [3.63, 3.8) is 0 Å². The second-order valence-corrected chi connectivity index (χ2v) is 4.09. The van der Waals surface area contributed by atoms with Gasteiger partial charge in [-0.25, -0.2) is 0 Å². The van der Waals surface area contributed by atoms with E-state index in [4.69, 9.17) is 4.74 Å². The molecule has 1 heterocycles. The lowest BCUT2D eigenvalue weighted by atomic mass is 10.1. The molecule has 0 aliphatic heterocycles. The number of rotatable bonds is 3. The summed E-state index contributed by atoms with van der Waals surface area (Å²) in [5, 5.41) is 0. The number of benzene rings is 2. The summed E-state index contributed by atoms with van der Waals surface area (Å²) in [4.78, 5) is 4.02. The van der Waals surface area contributed by atoms with Gasteiger partial charge in [-0.1, -0.05) is 24.3 Å². The molecule has 0 unspecified atom stereocenters. The minimum Gasteiger partial charge on any atom is -0.457 e. The molecule has 0 bridgehead atoms. The summed E-state index contributed by atoms with van der Waals surface area (Å²) in [6.07, 6.45) is 3.54. The molecule has 0 atom stereocenters. The lowest BCUT2D eigenvalue weighted by molar-refractivity contribution is 0.483. The Morgan fingerprint density at radius 3 is 2.42 bits per heavy atom. The lowest BCUT2D eigenvalue weighted by Crippen LogP contribution is -1.85. The van der Waals surface area contributed by atoms with Crippen LogP contribution < -0.4 is 4.74 Å². The fraction of sp³-hybridized carbons (Fsp3) is 0. The molecule has 0 spiro atoms. The molecule has 0 saturated carbocycles. The molecule has 0 N–H and O–H groups in total. The number of ether oxygens (including phenoxy) is 1. The molecule has 2 aromatic carbocycles. The van der Waals surface area contributed by atoms with E-state index >= 15 is 0 Å². The van der Waals surface area contributed by atoms with Crippen LogP contribution in [0.4, 0.5) is 0 Å². The van der Waals surface area contributed by atoms with Crippen molar-refractivity contribution < 1.29 is 4.74 Å². The maximum Gasteiger partial charge on any atom is 0.128 e. The van der Waals surface area contributed by atoms with E-state index in [0.717, 1.165) is 22.6 Å². The highest BCUT2D eigenvalue weighted by Crippen LogP contribution is 2.26. The predicted octanol–water partition coefficient (Wildman–Crippen LogP) is 4.34. The second kappa shape index (κ2) is 5.36. The first-order valence-corrected chi connectivity index (χ1v) is 6.07. The summed E-state index contributed by atoms with van der Waals surface area (Å²) in [5.41, 5.74) is 2.07. The molecule has 0 aliphatic rings. The first-order valence-electron chi connectivity index (χ1n) is 6.07. The molecule has 3 rings (SSSR count). The van der Waals surface area contributed by atoms with E-state index in [2.05, 4.69) is 11.1 Å². The highest BCUT2D eigenvalue weighted by Gasteiger charge is 2.01. The first-order chi connectivity index (χ1) is 9.42. The van der Waals surface area contributed by atoms with Crippen LogP contribution in [0.3, 0.4) is 0 Å². The van der Waals surface area contributed by atoms with Gasteiger partial charge in [0.05, 0.1) is 0 Å². The van der Waals surface area contributed by atoms with E-state index in [9.17, 15) is 0 Å². The molecule has 1 aromatic heterocycles. The van der Waals surface area contributed by atoms with Crippen molar-refractivity contribution in [2.75, 3.05) is 0 Å². The van der Waals surface area contributed by atoms with E-state index in [1.54, 1.807) is 12.4 Å². The number of aromatic nitrogens is 1.